The molecule has 1 saturated heterocycles. The van der Waals surface area contributed by atoms with Crippen LogP contribution in [-0.4, -0.2) is 52.1 Å². The van der Waals surface area contributed by atoms with Gasteiger partial charge in [0, 0.05) is 19.3 Å². The van der Waals surface area contributed by atoms with E-state index < -0.39 is 0 Å². The third-order valence-corrected chi connectivity index (χ3v) is 3.68. The lowest BCUT2D eigenvalue weighted by Crippen LogP contribution is -2.37. The third-order valence-electron chi connectivity index (χ3n) is 3.68. The fourth-order valence-corrected chi connectivity index (χ4v) is 2.50. The number of aromatic nitrogens is 3. The molecule has 0 spiro atoms. The summed E-state index contributed by atoms with van der Waals surface area (Å²) in [5, 5.41) is 6.60. The molecule has 0 radical (unpaired) electrons. The maximum Gasteiger partial charge on any atom is 0.316 e. The molecule has 7 heteroatoms. The van der Waals surface area contributed by atoms with Gasteiger partial charge in [0.15, 0.2) is 0 Å². The smallest absolute Gasteiger partial charge is 0.316 e. The first-order valence-electron chi connectivity index (χ1n) is 7.58. The van der Waals surface area contributed by atoms with Crippen LogP contribution in [0.5, 0.6) is 0 Å². The number of rotatable bonds is 5. The number of likely N-dealkylation sites (tertiary alicyclic amines) is 1. The van der Waals surface area contributed by atoms with E-state index in [1.54, 1.807) is 18.3 Å². The second-order valence-electron chi connectivity index (χ2n) is 5.30. The second-order valence-corrected chi connectivity index (χ2v) is 5.30. The molecule has 1 N–H and O–H groups in total. The highest BCUT2D eigenvalue weighted by molar-refractivity contribution is 5.89. The van der Waals surface area contributed by atoms with Gasteiger partial charge in [0.25, 0.3) is 0 Å². The van der Waals surface area contributed by atoms with Crippen LogP contribution in [0, 0.1) is 0 Å². The van der Waals surface area contributed by atoms with Crippen LogP contribution >= 0.6 is 0 Å². The lowest BCUT2D eigenvalue weighted by molar-refractivity contribution is 0.0903. The van der Waals surface area contributed by atoms with Gasteiger partial charge in [-0.25, -0.2) is 0 Å². The van der Waals surface area contributed by atoms with Crippen molar-refractivity contribution < 1.29 is 9.32 Å². The molecule has 116 valence electrons. The monoisotopic (exact) mass is 301 g/mol. The summed E-state index contributed by atoms with van der Waals surface area (Å²) in [5.74, 6) is -0.0484. The Morgan fingerprint density at radius 1 is 1.27 bits per heavy atom. The van der Waals surface area contributed by atoms with E-state index >= 15 is 0 Å². The lowest BCUT2D eigenvalue weighted by Gasteiger charge is -2.26. The molecule has 0 bridgehead atoms. The van der Waals surface area contributed by atoms with E-state index in [1.165, 1.54) is 19.3 Å². The molecule has 3 rings (SSSR count). The van der Waals surface area contributed by atoms with Gasteiger partial charge < -0.3 is 14.7 Å². The van der Waals surface area contributed by atoms with Crippen molar-refractivity contribution in [1.82, 2.24) is 25.3 Å². The average molecular weight is 301 g/mol. The highest BCUT2D eigenvalue weighted by Crippen LogP contribution is 2.11. The van der Waals surface area contributed by atoms with E-state index in [0.717, 1.165) is 19.6 Å². The summed E-state index contributed by atoms with van der Waals surface area (Å²) in [7, 11) is 0. The van der Waals surface area contributed by atoms with Gasteiger partial charge in [-0.3, -0.25) is 9.78 Å². The lowest BCUT2D eigenvalue weighted by atomic mass is 10.1. The molecule has 7 nitrogen and oxygen atoms in total. The summed E-state index contributed by atoms with van der Waals surface area (Å²) < 4.78 is 5.00. The van der Waals surface area contributed by atoms with Gasteiger partial charge in [-0.2, -0.15) is 4.98 Å². The highest BCUT2D eigenvalue weighted by atomic mass is 16.5. The molecule has 0 aromatic carbocycles. The molecular formula is C15H19N5O2. The molecule has 0 aliphatic carbocycles. The normalized spacial score (nSPS) is 15.6. The fraction of sp³-hybridized carbons (Fsp3) is 0.467. The summed E-state index contributed by atoms with van der Waals surface area (Å²) in [4.78, 5) is 22.5. The van der Waals surface area contributed by atoms with E-state index in [4.69, 9.17) is 4.52 Å². The predicted molar refractivity (Wildman–Crippen MR) is 80.2 cm³/mol. The third kappa shape index (κ3) is 3.67. The van der Waals surface area contributed by atoms with E-state index in [9.17, 15) is 4.79 Å². The first-order chi connectivity index (χ1) is 10.8. The number of carbonyl (C=O) groups is 1. The number of nitrogens with one attached hydrogen (secondary N) is 1. The minimum Gasteiger partial charge on any atom is -0.347 e. The molecule has 3 heterocycles. The van der Waals surface area contributed by atoms with E-state index in [2.05, 4.69) is 25.3 Å². The zero-order valence-electron chi connectivity index (χ0n) is 12.4. The van der Waals surface area contributed by atoms with E-state index in [0.29, 0.717) is 18.1 Å². The van der Waals surface area contributed by atoms with Crippen molar-refractivity contribution in [3.8, 4) is 11.5 Å². The van der Waals surface area contributed by atoms with Crippen LogP contribution in [0.15, 0.2) is 28.9 Å². The van der Waals surface area contributed by atoms with Crippen LogP contribution in [0.25, 0.3) is 11.5 Å². The molecule has 0 atom stereocenters. The van der Waals surface area contributed by atoms with Crippen LogP contribution < -0.4 is 5.32 Å². The van der Waals surface area contributed by atoms with Crippen molar-refractivity contribution >= 4 is 5.91 Å². The van der Waals surface area contributed by atoms with Crippen LogP contribution in [0.1, 0.15) is 29.9 Å². The zero-order valence-corrected chi connectivity index (χ0v) is 12.4. The first kappa shape index (κ1) is 14.6. The Kier molecular flexibility index (Phi) is 4.75. The van der Waals surface area contributed by atoms with Gasteiger partial charge >= 0.3 is 11.8 Å². The SMILES string of the molecule is O=C(NCCN1CCCCC1)c1nc(-c2ccccn2)no1. The average Bonchev–Trinajstić information content (AvgIpc) is 3.07. The van der Waals surface area contributed by atoms with Gasteiger partial charge in [-0.05, 0) is 38.1 Å². The molecule has 1 aliphatic heterocycles. The quantitative estimate of drug-likeness (QED) is 0.897. The maximum atomic E-state index is 12.0. The van der Waals surface area contributed by atoms with Gasteiger partial charge in [-0.1, -0.05) is 17.6 Å². The van der Waals surface area contributed by atoms with Crippen molar-refractivity contribution in [1.29, 1.82) is 0 Å². The van der Waals surface area contributed by atoms with Crippen molar-refractivity contribution in [2.24, 2.45) is 0 Å². The Balaban J connectivity index is 1.51. The highest BCUT2D eigenvalue weighted by Gasteiger charge is 2.17. The summed E-state index contributed by atoms with van der Waals surface area (Å²) in [6, 6.07) is 5.40. The maximum absolute atomic E-state index is 12.0. The number of amides is 1. The molecule has 22 heavy (non-hydrogen) atoms. The van der Waals surface area contributed by atoms with Crippen molar-refractivity contribution in [3.05, 3.63) is 30.3 Å². The van der Waals surface area contributed by atoms with Crippen molar-refractivity contribution in [2.45, 2.75) is 19.3 Å². The second kappa shape index (κ2) is 7.13. The Hall–Kier alpha value is -2.28. The Labute approximate surface area is 128 Å². The number of pyridine rings is 1. The van der Waals surface area contributed by atoms with Gasteiger partial charge in [0.2, 0.25) is 5.82 Å². The molecule has 1 aliphatic rings. The standard InChI is InChI=1S/C15H19N5O2/c21-14(17-8-11-20-9-4-1-5-10-20)15-18-13(19-22-15)12-6-2-3-7-16-12/h2-3,6-7H,1,4-5,8-11H2,(H,17,21). The molecule has 2 aromatic heterocycles. The largest absolute Gasteiger partial charge is 0.347 e. The molecule has 1 amide bonds. The number of hydrogen-bond acceptors (Lipinski definition) is 6. The summed E-state index contributed by atoms with van der Waals surface area (Å²) >= 11 is 0. The molecular weight excluding hydrogens is 282 g/mol. The Morgan fingerprint density at radius 2 is 2.14 bits per heavy atom. The van der Waals surface area contributed by atoms with Crippen LogP contribution in [0.4, 0.5) is 0 Å². The van der Waals surface area contributed by atoms with E-state index in [1.807, 2.05) is 6.07 Å². The predicted octanol–water partition coefficient (Wildman–Crippen LogP) is 1.35. The first-order valence-corrected chi connectivity index (χ1v) is 7.58. The summed E-state index contributed by atoms with van der Waals surface area (Å²) in [6.45, 7) is 3.66. The zero-order chi connectivity index (χ0) is 15.2. The number of nitrogens with zero attached hydrogens (tertiary/aromatic N) is 4. The number of carbonyl (C=O) groups excluding carboxylic acids is 1. The molecule has 2 aromatic rings. The fourth-order valence-electron chi connectivity index (χ4n) is 2.50. The van der Waals surface area contributed by atoms with Gasteiger partial charge in [-0.15, -0.1) is 0 Å². The minimum atomic E-state index is -0.341. The topological polar surface area (TPSA) is 84.2 Å². The Bertz CT molecular complexity index is 607. The molecule has 0 saturated carbocycles. The van der Waals surface area contributed by atoms with Gasteiger partial charge in [0.05, 0.1) is 0 Å². The summed E-state index contributed by atoms with van der Waals surface area (Å²) in [5.41, 5.74) is 0.582. The summed E-state index contributed by atoms with van der Waals surface area (Å²) in [6.07, 6.45) is 5.43. The Morgan fingerprint density at radius 3 is 2.91 bits per heavy atom. The molecule has 1 fully saturated rings. The van der Waals surface area contributed by atoms with Crippen LogP contribution in [-0.2, 0) is 0 Å². The minimum absolute atomic E-state index is 0.0284. The van der Waals surface area contributed by atoms with Crippen molar-refractivity contribution in [2.75, 3.05) is 26.2 Å². The number of hydrogen-bond donors (Lipinski definition) is 1. The number of piperidine rings is 1. The molecule has 0 unspecified atom stereocenters. The van der Waals surface area contributed by atoms with E-state index in [-0.39, 0.29) is 11.8 Å². The van der Waals surface area contributed by atoms with Gasteiger partial charge in [0.1, 0.15) is 5.69 Å². The van der Waals surface area contributed by atoms with Crippen LogP contribution in [0.2, 0.25) is 0 Å². The van der Waals surface area contributed by atoms with Crippen molar-refractivity contribution in [3.63, 3.8) is 0 Å². The van der Waals surface area contributed by atoms with Crippen LogP contribution in [0.3, 0.4) is 0 Å².